The van der Waals surface area contributed by atoms with Gasteiger partial charge in [0.1, 0.15) is 28.6 Å². The molecule has 1 fully saturated rings. The van der Waals surface area contributed by atoms with Crippen LogP contribution in [0.4, 0.5) is 16.4 Å². The molecule has 3 rings (SSSR count). The average Bonchev–Trinajstić information content (AvgIpc) is 3.39. The molecule has 1 aliphatic rings. The molecular formula is C22H35N7O4. The number of Topliss-reactive ketones (excluding diaryl/α,β-unsaturated/α-hetero) is 2. The summed E-state index contributed by atoms with van der Waals surface area (Å²) in [5, 5.41) is 12.6. The first-order chi connectivity index (χ1) is 15.5. The van der Waals surface area contributed by atoms with Gasteiger partial charge in [0.15, 0.2) is 11.6 Å². The number of carbonyl (C=O) groups is 3. The second-order valence-electron chi connectivity index (χ2n) is 9.06. The molecule has 1 amide bonds. The number of ketones is 2. The van der Waals surface area contributed by atoms with Crippen LogP contribution < -0.4 is 11.5 Å². The molecule has 0 unspecified atom stereocenters. The van der Waals surface area contributed by atoms with Gasteiger partial charge >= 0.3 is 6.09 Å². The molecule has 6 N–H and O–H groups in total. The molecule has 1 saturated heterocycles. The van der Waals surface area contributed by atoms with E-state index in [9.17, 15) is 14.4 Å². The highest BCUT2D eigenvalue weighted by atomic mass is 16.6. The number of nitrogens with one attached hydrogen (secondary N) is 2. The van der Waals surface area contributed by atoms with Gasteiger partial charge in [0.05, 0.1) is 0 Å². The van der Waals surface area contributed by atoms with Gasteiger partial charge in [-0.05, 0) is 46.0 Å². The summed E-state index contributed by atoms with van der Waals surface area (Å²) in [6.45, 7) is 8.76. The molecule has 182 valence electrons. The number of hydrogen-bond donors (Lipinski definition) is 4. The monoisotopic (exact) mass is 461 g/mol. The van der Waals surface area contributed by atoms with Gasteiger partial charge in [-0.2, -0.15) is 10.2 Å². The Kier molecular flexibility index (Phi) is 9.01. The van der Waals surface area contributed by atoms with E-state index in [0.29, 0.717) is 54.9 Å². The van der Waals surface area contributed by atoms with Crippen LogP contribution in [0.25, 0.3) is 0 Å². The molecule has 0 radical (unpaired) electrons. The highest BCUT2D eigenvalue weighted by Crippen LogP contribution is 2.24. The van der Waals surface area contributed by atoms with E-state index in [4.69, 9.17) is 16.2 Å². The number of anilines is 2. The third-order valence-electron chi connectivity index (χ3n) is 5.16. The third-order valence-corrected chi connectivity index (χ3v) is 5.16. The number of ether oxygens (including phenoxy) is 1. The van der Waals surface area contributed by atoms with Crippen molar-refractivity contribution in [1.82, 2.24) is 25.3 Å². The van der Waals surface area contributed by atoms with Crippen LogP contribution in [0.2, 0.25) is 0 Å². The van der Waals surface area contributed by atoms with Gasteiger partial charge in [-0.1, -0.05) is 6.92 Å². The lowest BCUT2D eigenvalue weighted by molar-refractivity contribution is 0.0180. The number of nitrogens with zero attached hydrogens (tertiary/aromatic N) is 3. The zero-order valence-electron chi connectivity index (χ0n) is 19.8. The number of hydrogen-bond acceptors (Lipinski definition) is 8. The van der Waals surface area contributed by atoms with Crippen molar-refractivity contribution in [3.63, 3.8) is 0 Å². The maximum atomic E-state index is 12.0. The first-order valence-electron chi connectivity index (χ1n) is 11.1. The van der Waals surface area contributed by atoms with Gasteiger partial charge in [-0.15, -0.1) is 0 Å². The van der Waals surface area contributed by atoms with Crippen molar-refractivity contribution < 1.29 is 19.1 Å². The molecule has 0 spiro atoms. The largest absolute Gasteiger partial charge is 0.444 e. The number of rotatable bonds is 6. The van der Waals surface area contributed by atoms with E-state index in [1.165, 1.54) is 6.07 Å². The topological polar surface area (TPSA) is 173 Å². The predicted molar refractivity (Wildman–Crippen MR) is 125 cm³/mol. The lowest BCUT2D eigenvalue weighted by Gasteiger charge is -2.33. The van der Waals surface area contributed by atoms with Crippen molar-refractivity contribution in [2.75, 3.05) is 24.6 Å². The van der Waals surface area contributed by atoms with E-state index in [0.717, 1.165) is 19.3 Å². The van der Waals surface area contributed by atoms with Crippen LogP contribution in [-0.4, -0.2) is 61.6 Å². The van der Waals surface area contributed by atoms with Gasteiger partial charge in [-0.25, -0.2) is 4.79 Å². The van der Waals surface area contributed by atoms with Crippen LogP contribution in [0.1, 0.15) is 80.8 Å². The maximum absolute atomic E-state index is 12.0. The van der Waals surface area contributed by atoms with Crippen molar-refractivity contribution in [1.29, 1.82) is 0 Å². The number of amides is 1. The van der Waals surface area contributed by atoms with E-state index < -0.39 is 5.60 Å². The van der Waals surface area contributed by atoms with Gasteiger partial charge in [0.2, 0.25) is 0 Å². The minimum atomic E-state index is -0.466. The number of nitrogens with two attached hydrogens (primary N) is 2. The zero-order valence-corrected chi connectivity index (χ0v) is 19.8. The second kappa shape index (κ2) is 11.5. The summed E-state index contributed by atoms with van der Waals surface area (Å²) in [4.78, 5) is 36.7. The Balaban J connectivity index is 0.000000321. The van der Waals surface area contributed by atoms with E-state index >= 15 is 0 Å². The molecule has 2 aromatic rings. The molecule has 0 aromatic carbocycles. The smallest absolute Gasteiger partial charge is 0.410 e. The predicted octanol–water partition coefficient (Wildman–Crippen LogP) is 3.19. The highest BCUT2D eigenvalue weighted by Gasteiger charge is 2.27. The fourth-order valence-corrected chi connectivity index (χ4v) is 3.35. The minimum Gasteiger partial charge on any atom is -0.444 e. The number of H-pyrrole nitrogens is 2. The van der Waals surface area contributed by atoms with Crippen molar-refractivity contribution in [2.45, 2.75) is 65.4 Å². The summed E-state index contributed by atoms with van der Waals surface area (Å²) in [5.74, 6) is 1.21. The zero-order chi connectivity index (χ0) is 24.6. The fourth-order valence-electron chi connectivity index (χ4n) is 3.35. The Morgan fingerprint density at radius 1 is 1.03 bits per heavy atom. The number of nitrogen functional groups attached to an aromatic ring is 2. The SMILES string of the molecule is CC(C)(C)OC(=O)N1CCC(CCC(=O)c2cc(N)n[nH]2)CC1.CCC(=O)c1cc(N)n[nH]1. The molecule has 3 heterocycles. The molecule has 0 saturated carbocycles. The van der Waals surface area contributed by atoms with Crippen molar-refractivity contribution in [3.05, 3.63) is 23.5 Å². The van der Waals surface area contributed by atoms with Crippen LogP contribution >= 0.6 is 0 Å². The summed E-state index contributed by atoms with van der Waals surface area (Å²) in [6.07, 6.45) is 3.32. The van der Waals surface area contributed by atoms with Crippen molar-refractivity contribution in [2.24, 2.45) is 5.92 Å². The minimum absolute atomic E-state index is 0.0313. The molecule has 0 atom stereocenters. The number of carbonyl (C=O) groups excluding carboxylic acids is 3. The van der Waals surface area contributed by atoms with E-state index in [1.807, 2.05) is 20.8 Å². The molecular weight excluding hydrogens is 426 g/mol. The Labute approximate surface area is 193 Å². The third kappa shape index (κ3) is 8.59. The van der Waals surface area contributed by atoms with E-state index in [1.54, 1.807) is 17.9 Å². The molecule has 33 heavy (non-hydrogen) atoms. The normalized spacial score (nSPS) is 14.4. The summed E-state index contributed by atoms with van der Waals surface area (Å²) < 4.78 is 5.38. The number of aromatic nitrogens is 4. The summed E-state index contributed by atoms with van der Waals surface area (Å²) in [7, 11) is 0. The fraction of sp³-hybridized carbons (Fsp3) is 0.591. The van der Waals surface area contributed by atoms with Crippen LogP contribution in [0.3, 0.4) is 0 Å². The molecule has 1 aliphatic heterocycles. The van der Waals surface area contributed by atoms with E-state index in [2.05, 4.69) is 20.4 Å². The highest BCUT2D eigenvalue weighted by molar-refractivity contribution is 5.95. The molecule has 0 bridgehead atoms. The van der Waals surface area contributed by atoms with Crippen molar-refractivity contribution >= 4 is 29.3 Å². The molecule has 11 heteroatoms. The number of piperidine rings is 1. The molecule has 2 aromatic heterocycles. The van der Waals surface area contributed by atoms with Crippen LogP contribution in [-0.2, 0) is 4.74 Å². The quantitative estimate of drug-likeness (QED) is 0.474. The molecule has 11 nitrogen and oxygen atoms in total. The second-order valence-corrected chi connectivity index (χ2v) is 9.06. The molecule has 0 aliphatic carbocycles. The van der Waals surface area contributed by atoms with Crippen LogP contribution in [0, 0.1) is 5.92 Å². The van der Waals surface area contributed by atoms with Gasteiger partial charge < -0.3 is 21.1 Å². The Morgan fingerprint density at radius 2 is 1.55 bits per heavy atom. The maximum Gasteiger partial charge on any atom is 0.410 e. The Morgan fingerprint density at radius 3 is 1.97 bits per heavy atom. The average molecular weight is 462 g/mol. The van der Waals surface area contributed by atoms with Gasteiger partial charge in [0.25, 0.3) is 0 Å². The van der Waals surface area contributed by atoms with Crippen LogP contribution in [0.5, 0.6) is 0 Å². The Hall–Kier alpha value is -3.37. The first-order valence-corrected chi connectivity index (χ1v) is 11.1. The van der Waals surface area contributed by atoms with Gasteiger partial charge in [-0.3, -0.25) is 19.8 Å². The lowest BCUT2D eigenvalue weighted by Crippen LogP contribution is -2.41. The Bertz CT molecular complexity index is 937. The van der Waals surface area contributed by atoms with Crippen molar-refractivity contribution in [3.8, 4) is 0 Å². The first kappa shape index (κ1) is 25.9. The van der Waals surface area contributed by atoms with Crippen LogP contribution in [0.15, 0.2) is 12.1 Å². The number of likely N-dealkylation sites (tertiary alicyclic amines) is 1. The number of aromatic amines is 2. The van der Waals surface area contributed by atoms with Gasteiger partial charge in [0, 0.05) is 38.1 Å². The lowest BCUT2D eigenvalue weighted by atomic mass is 9.91. The summed E-state index contributed by atoms with van der Waals surface area (Å²) in [6, 6.07) is 3.10. The summed E-state index contributed by atoms with van der Waals surface area (Å²) in [5.41, 5.74) is 11.3. The standard InChI is InChI=1S/C16H26N4O3.C6H9N3O/c1-16(2,3)23-15(22)20-8-6-11(7-9-20)4-5-13(21)12-10-14(17)19-18-12;1-2-5(10)4-3-6(7)9-8-4/h10-11H,4-9H2,1-3H3,(H3,17,18,19);3H,2H2,1H3,(H3,7,8,9). The van der Waals surface area contributed by atoms with E-state index in [-0.39, 0.29) is 17.7 Å². The summed E-state index contributed by atoms with van der Waals surface area (Å²) >= 11 is 0.